The normalized spacial score (nSPS) is 11.8. The fourth-order valence-corrected chi connectivity index (χ4v) is 3.22. The number of rotatable bonds is 4. The van der Waals surface area contributed by atoms with Gasteiger partial charge >= 0.3 is 12.2 Å². The van der Waals surface area contributed by atoms with Crippen LogP contribution < -0.4 is 10.6 Å². The first-order valence-electron chi connectivity index (χ1n) is 9.31. The first-order chi connectivity index (χ1) is 15.3. The minimum atomic E-state index is -4.63. The van der Waals surface area contributed by atoms with Crippen LogP contribution in [0.15, 0.2) is 60.8 Å². The number of anilines is 2. The molecule has 0 bridgehead atoms. The smallest absolute Gasteiger partial charge is 0.308 e. The monoisotopic (exact) mass is 457 g/mol. The number of carbonyl (C=O) groups excluding carboxylic acids is 1. The zero-order chi connectivity index (χ0) is 22.7. The summed E-state index contributed by atoms with van der Waals surface area (Å²) in [6.07, 6.45) is 0.717. The van der Waals surface area contributed by atoms with Gasteiger partial charge in [0.25, 0.3) is 0 Å². The van der Waals surface area contributed by atoms with Crippen molar-refractivity contribution in [3.8, 4) is 0 Å². The van der Waals surface area contributed by atoms with Gasteiger partial charge in [-0.25, -0.2) is 4.79 Å². The maximum Gasteiger partial charge on any atom is 0.417 e. The van der Waals surface area contributed by atoms with E-state index in [0.717, 1.165) is 23.2 Å². The third-order valence-electron chi connectivity index (χ3n) is 4.48. The summed E-state index contributed by atoms with van der Waals surface area (Å²) >= 11 is 5.60. The molecule has 0 saturated heterocycles. The summed E-state index contributed by atoms with van der Waals surface area (Å²) in [5.41, 5.74) is 1.53. The van der Waals surface area contributed by atoms with Crippen molar-refractivity contribution in [3.63, 3.8) is 0 Å². The van der Waals surface area contributed by atoms with E-state index in [0.29, 0.717) is 16.9 Å². The molecule has 0 fully saturated rings. The third kappa shape index (κ3) is 4.89. The quantitative estimate of drug-likeness (QED) is 0.329. The molecule has 0 saturated carbocycles. The summed E-state index contributed by atoms with van der Waals surface area (Å²) in [4.78, 5) is 16.5. The van der Waals surface area contributed by atoms with Gasteiger partial charge in [-0.2, -0.15) is 18.3 Å². The number of nitrogens with zero attached hydrogens (tertiary/aromatic N) is 2. The summed E-state index contributed by atoms with van der Waals surface area (Å²) in [6, 6.07) is 13.1. The molecule has 0 aliphatic rings. The van der Waals surface area contributed by atoms with Gasteiger partial charge in [0, 0.05) is 23.0 Å². The Morgan fingerprint density at radius 2 is 1.75 bits per heavy atom. The number of halogens is 4. The average molecular weight is 458 g/mol. The lowest BCUT2D eigenvalue weighted by atomic mass is 10.1. The minimum absolute atomic E-state index is 0.0382. The van der Waals surface area contributed by atoms with E-state index >= 15 is 0 Å². The van der Waals surface area contributed by atoms with E-state index < -0.39 is 22.8 Å². The second kappa shape index (κ2) is 8.72. The van der Waals surface area contributed by atoms with E-state index in [1.807, 2.05) is 30.4 Å². The number of fused-ring (bicyclic) bond motifs is 1. The minimum Gasteiger partial charge on any atom is -0.308 e. The second-order valence-corrected chi connectivity index (χ2v) is 7.14. The molecule has 3 N–H and O–H groups in total. The van der Waals surface area contributed by atoms with E-state index in [1.165, 1.54) is 6.07 Å². The molecule has 0 aliphatic carbocycles. The standard InChI is InChI=1S/C22H15ClF3N5O/c23-18-8-5-14(11-17(18)22(24,25)26)28-21(32)29-15-4-7-16-19(30-31-20(16)12-15)9-6-13-3-1-2-10-27-13/h1-12H,(H,30,31)(H2,28,29,32)/b9-6+. The number of benzene rings is 2. The first kappa shape index (κ1) is 21.4. The van der Waals surface area contributed by atoms with E-state index in [9.17, 15) is 18.0 Å². The predicted octanol–water partition coefficient (Wildman–Crippen LogP) is 6.44. The molecular weight excluding hydrogens is 443 g/mol. The van der Waals surface area contributed by atoms with Gasteiger partial charge in [0.05, 0.1) is 27.5 Å². The van der Waals surface area contributed by atoms with Crippen LogP contribution in [0, 0.1) is 0 Å². The highest BCUT2D eigenvalue weighted by Gasteiger charge is 2.33. The SMILES string of the molecule is O=C(Nc1ccc(Cl)c(C(F)(F)F)c1)Nc1ccc2c(/C=C/c3ccccn3)n[nH]c2c1. The maximum absolute atomic E-state index is 13.0. The summed E-state index contributed by atoms with van der Waals surface area (Å²) in [6.45, 7) is 0. The van der Waals surface area contributed by atoms with Crippen molar-refractivity contribution in [2.75, 3.05) is 10.6 Å². The van der Waals surface area contributed by atoms with Crippen LogP contribution in [0.5, 0.6) is 0 Å². The number of urea groups is 1. The summed E-state index contributed by atoms with van der Waals surface area (Å²) in [7, 11) is 0. The van der Waals surface area contributed by atoms with E-state index in [2.05, 4.69) is 25.8 Å². The lowest BCUT2D eigenvalue weighted by Gasteiger charge is -2.12. The summed E-state index contributed by atoms with van der Waals surface area (Å²) < 4.78 is 39.0. The number of hydrogen-bond acceptors (Lipinski definition) is 3. The van der Waals surface area contributed by atoms with Gasteiger partial charge < -0.3 is 10.6 Å². The van der Waals surface area contributed by atoms with Crippen LogP contribution in [0.4, 0.5) is 29.3 Å². The second-order valence-electron chi connectivity index (χ2n) is 6.73. The van der Waals surface area contributed by atoms with Gasteiger partial charge in [-0.05, 0) is 60.7 Å². The van der Waals surface area contributed by atoms with Crippen molar-refractivity contribution < 1.29 is 18.0 Å². The Morgan fingerprint density at radius 1 is 1.00 bits per heavy atom. The number of aromatic nitrogens is 3. The number of H-pyrrole nitrogens is 1. The van der Waals surface area contributed by atoms with Gasteiger partial charge in [-0.1, -0.05) is 17.7 Å². The zero-order valence-corrected chi connectivity index (χ0v) is 17.0. The van der Waals surface area contributed by atoms with E-state index in [-0.39, 0.29) is 5.69 Å². The molecule has 162 valence electrons. The Hall–Kier alpha value is -3.85. The third-order valence-corrected chi connectivity index (χ3v) is 4.81. The molecule has 10 heteroatoms. The molecule has 2 heterocycles. The highest BCUT2D eigenvalue weighted by molar-refractivity contribution is 6.31. The van der Waals surface area contributed by atoms with Gasteiger partial charge in [-0.15, -0.1) is 0 Å². The van der Waals surface area contributed by atoms with Gasteiger partial charge in [0.15, 0.2) is 0 Å². The fourth-order valence-electron chi connectivity index (χ4n) is 3.00. The molecular formula is C22H15ClF3N5O. The van der Waals surface area contributed by atoms with Crippen molar-refractivity contribution in [2.24, 2.45) is 0 Å². The van der Waals surface area contributed by atoms with Crippen LogP contribution in [0.25, 0.3) is 23.1 Å². The van der Waals surface area contributed by atoms with E-state index in [1.54, 1.807) is 24.4 Å². The number of carbonyl (C=O) groups is 1. The summed E-state index contributed by atoms with van der Waals surface area (Å²) in [5, 5.41) is 12.5. The number of alkyl halides is 3. The Balaban J connectivity index is 1.47. The Labute approximate surface area is 185 Å². The maximum atomic E-state index is 13.0. The molecule has 0 unspecified atom stereocenters. The number of nitrogens with one attached hydrogen (secondary N) is 3. The molecule has 2 amide bonds. The highest BCUT2D eigenvalue weighted by Crippen LogP contribution is 2.36. The van der Waals surface area contributed by atoms with E-state index in [4.69, 9.17) is 11.6 Å². The van der Waals surface area contributed by atoms with Crippen molar-refractivity contribution in [2.45, 2.75) is 6.18 Å². The zero-order valence-electron chi connectivity index (χ0n) is 16.2. The lowest BCUT2D eigenvalue weighted by Crippen LogP contribution is -2.19. The molecule has 2 aromatic carbocycles. The largest absolute Gasteiger partial charge is 0.417 e. The average Bonchev–Trinajstić information content (AvgIpc) is 3.16. The Bertz CT molecular complexity index is 1300. The molecule has 0 atom stereocenters. The predicted molar refractivity (Wildman–Crippen MR) is 118 cm³/mol. The number of amides is 2. The van der Waals surface area contributed by atoms with Crippen LogP contribution in [0.1, 0.15) is 17.0 Å². The topological polar surface area (TPSA) is 82.7 Å². The van der Waals surface area contributed by atoms with Crippen LogP contribution >= 0.6 is 11.6 Å². The molecule has 32 heavy (non-hydrogen) atoms. The van der Waals surface area contributed by atoms with Crippen molar-refractivity contribution in [1.29, 1.82) is 0 Å². The van der Waals surface area contributed by atoms with Crippen LogP contribution in [0.3, 0.4) is 0 Å². The van der Waals surface area contributed by atoms with Crippen LogP contribution in [-0.2, 0) is 6.18 Å². The highest BCUT2D eigenvalue weighted by atomic mass is 35.5. The Morgan fingerprint density at radius 3 is 2.47 bits per heavy atom. The van der Waals surface area contributed by atoms with Gasteiger partial charge in [-0.3, -0.25) is 10.1 Å². The van der Waals surface area contributed by atoms with Gasteiger partial charge in [0.2, 0.25) is 0 Å². The molecule has 0 radical (unpaired) electrons. The molecule has 4 aromatic rings. The molecule has 6 nitrogen and oxygen atoms in total. The molecule has 4 rings (SSSR count). The molecule has 0 spiro atoms. The molecule has 2 aromatic heterocycles. The lowest BCUT2D eigenvalue weighted by molar-refractivity contribution is -0.137. The number of aromatic amines is 1. The Kier molecular flexibility index (Phi) is 5.83. The van der Waals surface area contributed by atoms with Crippen molar-refractivity contribution in [3.05, 3.63) is 82.8 Å². The number of hydrogen-bond donors (Lipinski definition) is 3. The van der Waals surface area contributed by atoms with Crippen LogP contribution in [-0.4, -0.2) is 21.2 Å². The van der Waals surface area contributed by atoms with Crippen molar-refractivity contribution in [1.82, 2.24) is 15.2 Å². The fraction of sp³-hybridized carbons (Fsp3) is 0.0455. The molecule has 0 aliphatic heterocycles. The first-order valence-corrected chi connectivity index (χ1v) is 9.69. The summed E-state index contributed by atoms with van der Waals surface area (Å²) in [5.74, 6) is 0. The van der Waals surface area contributed by atoms with Crippen LogP contribution in [0.2, 0.25) is 5.02 Å². The van der Waals surface area contributed by atoms with Crippen molar-refractivity contribution >= 4 is 52.1 Å². The number of pyridine rings is 1. The van der Waals surface area contributed by atoms with Gasteiger partial charge in [0.1, 0.15) is 0 Å².